The zero-order chi connectivity index (χ0) is 43.7. The molecule has 1 heterocycles. The Labute approximate surface area is 390 Å². The summed E-state index contributed by atoms with van der Waals surface area (Å²) in [6, 6.07) is 54.4. The van der Waals surface area contributed by atoms with Gasteiger partial charge in [0.2, 0.25) is 0 Å². The van der Waals surface area contributed by atoms with Crippen LogP contribution in [0.25, 0.3) is 61.6 Å². The van der Waals surface area contributed by atoms with E-state index in [0.717, 1.165) is 45.9 Å². The van der Waals surface area contributed by atoms with E-state index in [2.05, 4.69) is 188 Å². The lowest BCUT2D eigenvalue weighted by atomic mass is 9.63. The van der Waals surface area contributed by atoms with Crippen LogP contribution >= 0.6 is 0 Å². The van der Waals surface area contributed by atoms with E-state index in [-0.39, 0.29) is 16.7 Å². The van der Waals surface area contributed by atoms with Crippen molar-refractivity contribution < 1.29 is 0 Å². The Morgan fingerprint density at radius 3 is 1.76 bits per heavy atom. The quantitative estimate of drug-likeness (QED) is 0.167. The topological polar surface area (TPSA) is 25.8 Å². The van der Waals surface area contributed by atoms with Crippen molar-refractivity contribution in [2.24, 2.45) is 5.92 Å². The second-order valence-electron chi connectivity index (χ2n) is 20.1. The zero-order valence-electron chi connectivity index (χ0n) is 37.8. The van der Waals surface area contributed by atoms with Crippen LogP contribution < -0.4 is 0 Å². The average molecular weight is 853 g/mol. The summed E-state index contributed by atoms with van der Waals surface area (Å²) in [7, 11) is 0. The van der Waals surface area contributed by atoms with Gasteiger partial charge in [-0.05, 0) is 99.7 Å². The fraction of sp³-hybridized carbons (Fsp3) is 0.250. The van der Waals surface area contributed by atoms with E-state index in [9.17, 15) is 0 Å². The number of aromatic nitrogens is 2. The largest absolute Gasteiger partial charge is 0.248 e. The summed E-state index contributed by atoms with van der Waals surface area (Å²) in [5, 5.41) is 0. The number of fused-ring (bicyclic) bond motifs is 10. The summed E-state index contributed by atoms with van der Waals surface area (Å²) in [5.74, 6) is 1.10. The average Bonchev–Trinajstić information content (AvgIpc) is 3.80. The standard InChI is InChI=1S/C64H56N2/c1-6-18-46(19-7-1)59-60(47-20-8-2-9-21-47)66-62(61(65-59)48-22-10-3-11-23-48)49-32-30-44(31-33-49)43-26-28-45(29-27-43)50-34-35-56-52(40-50)54-42-57-53(41-58(54)64(56)38-16-5-17-39-64)51-24-12-13-25-55(51)63(57)36-14-4-15-37-63/h1-3,6-13,18-20,22-35,40-42,47,52,56H,4-5,14-17,21,36-39H2. The molecular formula is C64H56N2. The summed E-state index contributed by atoms with van der Waals surface area (Å²) < 4.78 is 0. The molecule has 6 aliphatic rings. The van der Waals surface area contributed by atoms with Gasteiger partial charge in [0.05, 0.1) is 22.8 Å². The first-order valence-electron chi connectivity index (χ1n) is 24.9. The molecule has 0 aliphatic heterocycles. The first kappa shape index (κ1) is 39.7. The van der Waals surface area contributed by atoms with E-state index in [0.29, 0.717) is 11.8 Å². The predicted molar refractivity (Wildman–Crippen MR) is 273 cm³/mol. The lowest BCUT2D eigenvalue weighted by Gasteiger charge is -2.41. The molecule has 6 aromatic carbocycles. The molecule has 66 heavy (non-hydrogen) atoms. The Bertz CT molecular complexity index is 3100. The highest BCUT2D eigenvalue weighted by Gasteiger charge is 2.53. The minimum atomic E-state index is 0.156. The van der Waals surface area contributed by atoms with Crippen LogP contribution in [0.4, 0.5) is 0 Å². The highest BCUT2D eigenvalue weighted by molar-refractivity contribution is 5.86. The minimum absolute atomic E-state index is 0.156. The van der Waals surface area contributed by atoms with Gasteiger partial charge in [-0.25, -0.2) is 9.97 Å². The van der Waals surface area contributed by atoms with E-state index in [1.807, 2.05) is 0 Å². The summed E-state index contributed by atoms with van der Waals surface area (Å²) >= 11 is 0. The Kier molecular flexibility index (Phi) is 9.66. The predicted octanol–water partition coefficient (Wildman–Crippen LogP) is 16.5. The number of nitrogens with zero attached hydrogens (tertiary/aromatic N) is 2. The molecule has 2 spiro atoms. The van der Waals surface area contributed by atoms with Gasteiger partial charge in [0.1, 0.15) is 0 Å². The van der Waals surface area contributed by atoms with Gasteiger partial charge in [-0.1, -0.05) is 221 Å². The molecule has 0 amide bonds. The maximum atomic E-state index is 5.54. The van der Waals surface area contributed by atoms with Gasteiger partial charge in [0, 0.05) is 39.4 Å². The van der Waals surface area contributed by atoms with Gasteiger partial charge < -0.3 is 0 Å². The number of rotatable bonds is 6. The maximum Gasteiger partial charge on any atom is 0.0973 e. The third kappa shape index (κ3) is 6.35. The Morgan fingerprint density at radius 1 is 0.455 bits per heavy atom. The molecule has 2 fully saturated rings. The fourth-order valence-corrected chi connectivity index (χ4v) is 13.5. The summed E-state index contributed by atoms with van der Waals surface area (Å²) in [4.78, 5) is 11.0. The Balaban J connectivity index is 0.838. The molecule has 3 unspecified atom stereocenters. The molecule has 0 saturated heterocycles. The molecule has 0 radical (unpaired) electrons. The summed E-state index contributed by atoms with van der Waals surface area (Å²) in [6.07, 6.45) is 30.7. The lowest BCUT2D eigenvalue weighted by molar-refractivity contribution is 0.233. The van der Waals surface area contributed by atoms with Gasteiger partial charge in [-0.15, -0.1) is 0 Å². The van der Waals surface area contributed by atoms with Crippen LogP contribution in [0.15, 0.2) is 188 Å². The fourth-order valence-electron chi connectivity index (χ4n) is 13.5. The number of allylic oxidation sites excluding steroid dienone is 8. The molecule has 7 aromatic rings. The minimum Gasteiger partial charge on any atom is -0.248 e. The van der Waals surface area contributed by atoms with Crippen molar-refractivity contribution in [3.05, 3.63) is 222 Å². The molecule has 3 atom stereocenters. The Morgan fingerprint density at radius 2 is 1.06 bits per heavy atom. The molecule has 0 N–H and O–H groups in total. The smallest absolute Gasteiger partial charge is 0.0973 e. The first-order valence-corrected chi connectivity index (χ1v) is 24.9. The third-order valence-electron chi connectivity index (χ3n) is 16.7. The SMILES string of the molecule is C1=CCC(c2nc(-c3ccc(-c4ccc(C5=CC6c7cc8c(cc7C7(CCCCC7)C6C=C5)-c5ccccc5C85CCCCC5)cc4)cc3)c(-c3ccccc3)nc2-c2ccccc2)C=C1. The second-order valence-corrected chi connectivity index (χ2v) is 20.1. The molecule has 322 valence electrons. The van der Waals surface area contributed by atoms with Crippen molar-refractivity contribution in [2.75, 3.05) is 0 Å². The Hall–Kier alpha value is -6.64. The van der Waals surface area contributed by atoms with Crippen LogP contribution in [0.3, 0.4) is 0 Å². The summed E-state index contributed by atoms with van der Waals surface area (Å²) in [5.41, 5.74) is 22.1. The second kappa shape index (κ2) is 16.1. The van der Waals surface area contributed by atoms with Crippen LogP contribution in [0.5, 0.6) is 0 Å². The molecule has 1 aromatic heterocycles. The van der Waals surface area contributed by atoms with Crippen molar-refractivity contribution in [1.82, 2.24) is 9.97 Å². The van der Waals surface area contributed by atoms with Crippen molar-refractivity contribution in [3.8, 4) is 56.0 Å². The van der Waals surface area contributed by atoms with E-state index in [1.165, 1.54) is 92.0 Å². The molecule has 2 heteroatoms. The normalized spacial score (nSPS) is 21.6. The van der Waals surface area contributed by atoms with Crippen LogP contribution in [-0.2, 0) is 10.8 Å². The van der Waals surface area contributed by atoms with Crippen LogP contribution in [0.2, 0.25) is 0 Å². The van der Waals surface area contributed by atoms with E-state index in [4.69, 9.17) is 9.97 Å². The highest BCUT2D eigenvalue weighted by Crippen LogP contribution is 2.64. The first-order chi connectivity index (χ1) is 32.7. The number of benzene rings is 6. The molecule has 6 aliphatic carbocycles. The van der Waals surface area contributed by atoms with Crippen molar-refractivity contribution in [3.63, 3.8) is 0 Å². The van der Waals surface area contributed by atoms with E-state index < -0.39 is 0 Å². The van der Waals surface area contributed by atoms with Crippen LogP contribution in [0.1, 0.15) is 116 Å². The molecule has 2 saturated carbocycles. The van der Waals surface area contributed by atoms with Gasteiger partial charge in [-0.2, -0.15) is 0 Å². The highest BCUT2D eigenvalue weighted by atomic mass is 14.9. The number of hydrogen-bond acceptors (Lipinski definition) is 2. The molecule has 13 rings (SSSR count). The van der Waals surface area contributed by atoms with E-state index >= 15 is 0 Å². The monoisotopic (exact) mass is 852 g/mol. The third-order valence-corrected chi connectivity index (χ3v) is 16.7. The van der Waals surface area contributed by atoms with Crippen molar-refractivity contribution >= 4 is 5.57 Å². The van der Waals surface area contributed by atoms with E-state index in [1.54, 1.807) is 27.8 Å². The van der Waals surface area contributed by atoms with Crippen molar-refractivity contribution in [2.45, 2.75) is 93.3 Å². The summed E-state index contributed by atoms with van der Waals surface area (Å²) in [6.45, 7) is 0. The van der Waals surface area contributed by atoms with Gasteiger partial charge in [0.15, 0.2) is 0 Å². The molecule has 2 nitrogen and oxygen atoms in total. The van der Waals surface area contributed by atoms with Gasteiger partial charge in [0.25, 0.3) is 0 Å². The molecule has 0 bridgehead atoms. The maximum absolute atomic E-state index is 5.54. The lowest BCUT2D eigenvalue weighted by Crippen LogP contribution is -2.34. The number of hydrogen-bond donors (Lipinski definition) is 0. The zero-order valence-corrected chi connectivity index (χ0v) is 37.8. The van der Waals surface area contributed by atoms with Gasteiger partial charge >= 0.3 is 0 Å². The van der Waals surface area contributed by atoms with Crippen LogP contribution in [0, 0.1) is 5.92 Å². The molecular weight excluding hydrogens is 797 g/mol. The van der Waals surface area contributed by atoms with Crippen molar-refractivity contribution in [1.29, 1.82) is 0 Å². The van der Waals surface area contributed by atoms with Gasteiger partial charge in [-0.3, -0.25) is 0 Å². The van der Waals surface area contributed by atoms with Crippen LogP contribution in [-0.4, -0.2) is 9.97 Å².